The van der Waals surface area contributed by atoms with Crippen molar-refractivity contribution in [2.75, 3.05) is 19.5 Å². The molecule has 0 spiro atoms. The number of hydrogen-bond donors (Lipinski definition) is 1. The minimum absolute atomic E-state index is 0.00282. The lowest BCUT2D eigenvalue weighted by molar-refractivity contribution is 0.0692. The number of aryl methyl sites for hydroxylation is 1. The van der Waals surface area contributed by atoms with Gasteiger partial charge < -0.3 is 14.4 Å². The Balaban J connectivity index is 2.13. The molecule has 5 nitrogen and oxygen atoms in total. The third-order valence-electron chi connectivity index (χ3n) is 3.87. The highest BCUT2D eigenvalue weighted by molar-refractivity contribution is 8.00. The highest BCUT2D eigenvalue weighted by Crippen LogP contribution is 2.25. The van der Waals surface area contributed by atoms with E-state index in [-0.39, 0.29) is 17.1 Å². The summed E-state index contributed by atoms with van der Waals surface area (Å²) in [5.74, 6) is -0.779. The number of rotatable bonds is 8. The van der Waals surface area contributed by atoms with Gasteiger partial charge in [0.05, 0.1) is 17.9 Å². The quantitative estimate of drug-likeness (QED) is 0.585. The van der Waals surface area contributed by atoms with Crippen LogP contribution in [-0.2, 0) is 11.3 Å². The van der Waals surface area contributed by atoms with Crippen molar-refractivity contribution in [3.8, 4) is 0 Å². The maximum absolute atomic E-state index is 12.5. The standard InChI is InChI=1S/C18H21NO4S/c1-12-10-15(13(2)19(12)8-9-23-3)16(20)11-24-17-7-5-4-6-14(17)18(21)22/h4-7,10H,8-9,11H2,1-3H3,(H,21,22). The predicted molar refractivity (Wildman–Crippen MR) is 94.2 cm³/mol. The van der Waals surface area contributed by atoms with Crippen LogP contribution in [0.25, 0.3) is 0 Å². The van der Waals surface area contributed by atoms with Crippen LogP contribution in [0, 0.1) is 13.8 Å². The average molecular weight is 347 g/mol. The Morgan fingerprint density at radius 3 is 2.58 bits per heavy atom. The van der Waals surface area contributed by atoms with Crippen LogP contribution in [-0.4, -0.2) is 40.9 Å². The Kier molecular flexibility index (Phi) is 6.23. The van der Waals surface area contributed by atoms with Crippen molar-refractivity contribution in [3.05, 3.63) is 52.8 Å². The lowest BCUT2D eigenvalue weighted by Gasteiger charge is -2.09. The largest absolute Gasteiger partial charge is 0.478 e. The predicted octanol–water partition coefficient (Wildman–Crippen LogP) is 3.42. The van der Waals surface area contributed by atoms with Crippen molar-refractivity contribution in [2.24, 2.45) is 0 Å². The molecule has 0 saturated carbocycles. The van der Waals surface area contributed by atoms with Gasteiger partial charge in [-0.15, -0.1) is 11.8 Å². The van der Waals surface area contributed by atoms with E-state index in [0.29, 0.717) is 23.6 Å². The molecule has 24 heavy (non-hydrogen) atoms. The van der Waals surface area contributed by atoms with Crippen molar-refractivity contribution in [3.63, 3.8) is 0 Å². The number of methoxy groups -OCH3 is 1. The number of ether oxygens (including phenoxy) is 1. The number of aromatic nitrogens is 1. The second-order valence-corrected chi connectivity index (χ2v) is 6.46. The first-order chi connectivity index (χ1) is 11.5. The van der Waals surface area contributed by atoms with E-state index in [9.17, 15) is 14.7 Å². The van der Waals surface area contributed by atoms with Gasteiger partial charge in [-0.05, 0) is 32.0 Å². The molecular weight excluding hydrogens is 326 g/mol. The van der Waals surface area contributed by atoms with Gasteiger partial charge >= 0.3 is 5.97 Å². The molecule has 1 aromatic heterocycles. The molecule has 0 aliphatic heterocycles. The highest BCUT2D eigenvalue weighted by Gasteiger charge is 2.17. The first kappa shape index (κ1) is 18.3. The van der Waals surface area contributed by atoms with E-state index >= 15 is 0 Å². The minimum atomic E-state index is -0.983. The van der Waals surface area contributed by atoms with Gasteiger partial charge in [-0.3, -0.25) is 4.79 Å². The van der Waals surface area contributed by atoms with E-state index in [0.717, 1.165) is 11.4 Å². The fourth-order valence-electron chi connectivity index (χ4n) is 2.60. The summed E-state index contributed by atoms with van der Waals surface area (Å²) in [6.07, 6.45) is 0. The summed E-state index contributed by atoms with van der Waals surface area (Å²) in [5.41, 5.74) is 2.84. The normalized spacial score (nSPS) is 10.8. The molecule has 0 atom stereocenters. The monoisotopic (exact) mass is 347 g/mol. The summed E-state index contributed by atoms with van der Waals surface area (Å²) in [7, 11) is 1.65. The van der Waals surface area contributed by atoms with E-state index < -0.39 is 5.97 Å². The summed E-state index contributed by atoms with van der Waals surface area (Å²) in [5, 5.41) is 9.20. The lowest BCUT2D eigenvalue weighted by atomic mass is 10.2. The molecule has 1 aromatic carbocycles. The topological polar surface area (TPSA) is 68.5 Å². The van der Waals surface area contributed by atoms with E-state index in [4.69, 9.17) is 4.74 Å². The van der Waals surface area contributed by atoms with Gasteiger partial charge in [0.15, 0.2) is 5.78 Å². The van der Waals surface area contributed by atoms with Gasteiger partial charge in [0.25, 0.3) is 0 Å². The van der Waals surface area contributed by atoms with E-state index in [1.54, 1.807) is 31.4 Å². The van der Waals surface area contributed by atoms with Crippen molar-refractivity contribution in [2.45, 2.75) is 25.3 Å². The number of carbonyl (C=O) groups is 2. The second kappa shape index (κ2) is 8.17. The van der Waals surface area contributed by atoms with Crippen molar-refractivity contribution in [1.82, 2.24) is 4.57 Å². The maximum Gasteiger partial charge on any atom is 0.336 e. The van der Waals surface area contributed by atoms with Crippen LogP contribution < -0.4 is 0 Å². The number of carboxylic acids is 1. The van der Waals surface area contributed by atoms with Crippen LogP contribution >= 0.6 is 11.8 Å². The van der Waals surface area contributed by atoms with Crippen LogP contribution in [0.4, 0.5) is 0 Å². The third-order valence-corrected chi connectivity index (χ3v) is 4.94. The molecule has 0 bridgehead atoms. The van der Waals surface area contributed by atoms with Gasteiger partial charge in [-0.2, -0.15) is 0 Å². The Morgan fingerprint density at radius 2 is 1.92 bits per heavy atom. The van der Waals surface area contributed by atoms with Crippen LogP contribution in [0.5, 0.6) is 0 Å². The number of nitrogens with zero attached hydrogens (tertiary/aromatic N) is 1. The molecule has 0 amide bonds. The Bertz CT molecular complexity index is 751. The Morgan fingerprint density at radius 1 is 1.21 bits per heavy atom. The lowest BCUT2D eigenvalue weighted by Crippen LogP contribution is -2.10. The Labute approximate surface area is 145 Å². The molecule has 0 aliphatic rings. The van der Waals surface area contributed by atoms with Gasteiger partial charge in [0.2, 0.25) is 0 Å². The number of carboxylic acid groups (broad SMARTS) is 1. The summed E-state index contributed by atoms with van der Waals surface area (Å²) in [4.78, 5) is 24.4. The zero-order valence-electron chi connectivity index (χ0n) is 14.0. The fraction of sp³-hybridized carbons (Fsp3) is 0.333. The van der Waals surface area contributed by atoms with Crippen molar-refractivity contribution < 1.29 is 19.4 Å². The fourth-order valence-corrected chi connectivity index (χ4v) is 3.53. The molecule has 1 heterocycles. The molecule has 128 valence electrons. The minimum Gasteiger partial charge on any atom is -0.478 e. The van der Waals surface area contributed by atoms with E-state index in [1.165, 1.54) is 11.8 Å². The van der Waals surface area contributed by atoms with Gasteiger partial charge in [0.1, 0.15) is 0 Å². The molecule has 0 aliphatic carbocycles. The molecule has 2 aromatic rings. The molecule has 0 unspecified atom stereocenters. The van der Waals surface area contributed by atoms with Crippen LogP contribution in [0.2, 0.25) is 0 Å². The van der Waals surface area contributed by atoms with Crippen LogP contribution in [0.3, 0.4) is 0 Å². The smallest absolute Gasteiger partial charge is 0.336 e. The van der Waals surface area contributed by atoms with E-state index in [2.05, 4.69) is 4.57 Å². The molecule has 0 fully saturated rings. The highest BCUT2D eigenvalue weighted by atomic mass is 32.2. The van der Waals surface area contributed by atoms with Crippen LogP contribution in [0.15, 0.2) is 35.2 Å². The molecule has 2 rings (SSSR count). The van der Waals surface area contributed by atoms with Gasteiger partial charge in [-0.25, -0.2) is 4.79 Å². The molecule has 0 saturated heterocycles. The molecular formula is C18H21NO4S. The number of thioether (sulfide) groups is 1. The summed E-state index contributed by atoms with van der Waals surface area (Å²) >= 11 is 1.26. The third kappa shape index (κ3) is 4.07. The van der Waals surface area contributed by atoms with Crippen LogP contribution in [0.1, 0.15) is 32.1 Å². The van der Waals surface area contributed by atoms with Crippen molar-refractivity contribution >= 4 is 23.5 Å². The van der Waals surface area contributed by atoms with Crippen molar-refractivity contribution in [1.29, 1.82) is 0 Å². The number of carbonyl (C=O) groups excluding carboxylic acids is 1. The number of Topliss-reactive ketones (excluding diaryl/α,β-unsaturated/α-hetero) is 1. The molecule has 6 heteroatoms. The average Bonchev–Trinajstić information content (AvgIpc) is 2.85. The summed E-state index contributed by atoms with van der Waals surface area (Å²) in [6.45, 7) is 5.18. The number of hydrogen-bond acceptors (Lipinski definition) is 4. The van der Waals surface area contributed by atoms with Gasteiger partial charge in [0, 0.05) is 35.5 Å². The Hall–Kier alpha value is -2.05. The number of aromatic carboxylic acids is 1. The summed E-state index contributed by atoms with van der Waals surface area (Å²) < 4.78 is 7.16. The molecule has 1 N–H and O–H groups in total. The summed E-state index contributed by atoms with van der Waals surface area (Å²) in [6, 6.07) is 8.61. The van der Waals surface area contributed by atoms with E-state index in [1.807, 2.05) is 19.9 Å². The molecule has 0 radical (unpaired) electrons. The van der Waals surface area contributed by atoms with Gasteiger partial charge in [-0.1, -0.05) is 12.1 Å². The maximum atomic E-state index is 12.5. The first-order valence-electron chi connectivity index (χ1n) is 7.59. The number of benzene rings is 1. The number of ketones is 1. The SMILES string of the molecule is COCCn1c(C)cc(C(=O)CSc2ccccc2C(=O)O)c1C. The second-order valence-electron chi connectivity index (χ2n) is 5.44. The first-order valence-corrected chi connectivity index (χ1v) is 8.58. The zero-order chi connectivity index (χ0) is 17.7. The zero-order valence-corrected chi connectivity index (χ0v) is 14.9.